The third kappa shape index (κ3) is 4.27. The van der Waals surface area contributed by atoms with E-state index in [-0.39, 0.29) is 22.6 Å². The molecule has 1 aromatic heterocycles. The Morgan fingerprint density at radius 2 is 1.72 bits per heavy atom. The predicted octanol–water partition coefficient (Wildman–Crippen LogP) is 1.88. The molecular formula is C22H27N3O6S. The molecule has 3 aliphatic rings. The van der Waals surface area contributed by atoms with Crippen LogP contribution in [0.25, 0.3) is 0 Å². The summed E-state index contributed by atoms with van der Waals surface area (Å²) in [6.07, 6.45) is 2.33. The number of sulfonamides is 1. The summed E-state index contributed by atoms with van der Waals surface area (Å²) in [6.45, 7) is 3.93. The highest BCUT2D eigenvalue weighted by molar-refractivity contribution is 7.89. The minimum absolute atomic E-state index is 0.0668. The van der Waals surface area contributed by atoms with Crippen molar-refractivity contribution in [3.05, 3.63) is 42.4 Å². The number of rotatable bonds is 6. The van der Waals surface area contributed by atoms with Gasteiger partial charge in [-0.25, -0.2) is 8.42 Å². The van der Waals surface area contributed by atoms with Crippen LogP contribution in [0.5, 0.6) is 0 Å². The molecular weight excluding hydrogens is 434 g/mol. The van der Waals surface area contributed by atoms with Crippen LogP contribution in [0.1, 0.15) is 18.1 Å². The summed E-state index contributed by atoms with van der Waals surface area (Å²) in [5.41, 5.74) is 1.31. The molecule has 0 spiro atoms. The van der Waals surface area contributed by atoms with Crippen molar-refractivity contribution in [1.29, 1.82) is 0 Å². The number of benzene rings is 1. The van der Waals surface area contributed by atoms with Crippen LogP contribution in [0, 0.1) is 5.92 Å². The van der Waals surface area contributed by atoms with Crippen molar-refractivity contribution in [3.8, 4) is 0 Å². The number of anilines is 2. The number of amides is 1. The van der Waals surface area contributed by atoms with Gasteiger partial charge < -0.3 is 24.1 Å². The minimum atomic E-state index is -3.67. The van der Waals surface area contributed by atoms with Gasteiger partial charge in [0.05, 0.1) is 49.0 Å². The largest absolute Gasteiger partial charge is 0.469 e. The molecule has 2 atom stereocenters. The second-order valence-corrected chi connectivity index (χ2v) is 10.2. The molecule has 2 saturated heterocycles. The van der Waals surface area contributed by atoms with Gasteiger partial charge in [-0.2, -0.15) is 4.31 Å². The Kier molecular flexibility index (Phi) is 5.93. The number of nitrogens with one attached hydrogen (secondary N) is 1. The Hall–Kier alpha value is -2.40. The van der Waals surface area contributed by atoms with Gasteiger partial charge >= 0.3 is 0 Å². The average Bonchev–Trinajstić information content (AvgIpc) is 3.45. The van der Waals surface area contributed by atoms with Gasteiger partial charge in [0, 0.05) is 38.0 Å². The highest BCUT2D eigenvalue weighted by atomic mass is 32.2. The van der Waals surface area contributed by atoms with E-state index < -0.39 is 10.0 Å². The quantitative estimate of drug-likeness (QED) is 0.701. The standard InChI is InChI=1S/C22H27N3O6S/c26-22(18-15-17(18)21-2-1-9-31-21)23-19-14-16(32(27,28)25-7-12-30-13-8-25)3-4-20(19)24-5-10-29-11-6-24/h1-4,9,14,17-18H,5-8,10-13,15H2,(H,23,26)/t17-,18+/m1/s1. The van der Waals surface area contributed by atoms with Crippen LogP contribution in [-0.2, 0) is 24.3 Å². The Morgan fingerprint density at radius 3 is 2.41 bits per heavy atom. The van der Waals surface area contributed by atoms with Crippen LogP contribution in [0.2, 0.25) is 0 Å². The fourth-order valence-electron chi connectivity index (χ4n) is 4.32. The third-order valence-electron chi connectivity index (χ3n) is 6.22. The fraction of sp³-hybridized carbons (Fsp3) is 0.500. The molecule has 32 heavy (non-hydrogen) atoms. The molecule has 2 aliphatic heterocycles. The highest BCUT2D eigenvalue weighted by Crippen LogP contribution is 2.48. The number of hydrogen-bond donors (Lipinski definition) is 1. The minimum Gasteiger partial charge on any atom is -0.469 e. The molecule has 172 valence electrons. The summed E-state index contributed by atoms with van der Waals surface area (Å²) in [5.74, 6) is 0.569. The number of carbonyl (C=O) groups is 1. The van der Waals surface area contributed by atoms with Gasteiger partial charge in [0.1, 0.15) is 5.76 Å². The maximum atomic E-state index is 13.2. The molecule has 0 bridgehead atoms. The molecule has 0 unspecified atom stereocenters. The molecule has 1 aromatic carbocycles. The Balaban J connectivity index is 1.41. The van der Waals surface area contributed by atoms with Crippen LogP contribution in [0.4, 0.5) is 11.4 Å². The lowest BCUT2D eigenvalue weighted by atomic mass is 10.2. The van der Waals surface area contributed by atoms with Gasteiger partial charge in [-0.15, -0.1) is 0 Å². The van der Waals surface area contributed by atoms with E-state index in [1.807, 2.05) is 12.1 Å². The van der Waals surface area contributed by atoms with Crippen molar-refractivity contribution in [2.75, 3.05) is 62.8 Å². The second-order valence-electron chi connectivity index (χ2n) is 8.25. The Labute approximate surface area is 187 Å². The first kappa shape index (κ1) is 21.4. The lowest BCUT2D eigenvalue weighted by Crippen LogP contribution is -2.40. The first-order chi connectivity index (χ1) is 15.5. The monoisotopic (exact) mass is 461 g/mol. The first-order valence-corrected chi connectivity index (χ1v) is 12.4. The Bertz CT molecular complexity index is 1060. The van der Waals surface area contributed by atoms with Crippen molar-refractivity contribution in [1.82, 2.24) is 4.31 Å². The van der Waals surface area contributed by atoms with Gasteiger partial charge in [0.2, 0.25) is 15.9 Å². The summed E-state index contributed by atoms with van der Waals surface area (Å²) >= 11 is 0. The molecule has 9 nitrogen and oxygen atoms in total. The maximum Gasteiger partial charge on any atom is 0.243 e. The van der Waals surface area contributed by atoms with E-state index in [1.54, 1.807) is 24.5 Å². The topological polar surface area (TPSA) is 101 Å². The number of nitrogens with zero attached hydrogens (tertiary/aromatic N) is 2. The van der Waals surface area contributed by atoms with Crippen LogP contribution in [-0.4, -0.2) is 71.2 Å². The van der Waals surface area contributed by atoms with Gasteiger partial charge in [-0.1, -0.05) is 0 Å². The summed E-state index contributed by atoms with van der Waals surface area (Å²) in [6, 6.07) is 8.68. The Morgan fingerprint density at radius 1 is 1.00 bits per heavy atom. The van der Waals surface area contributed by atoms with Crippen LogP contribution < -0.4 is 10.2 Å². The predicted molar refractivity (Wildman–Crippen MR) is 117 cm³/mol. The average molecular weight is 462 g/mol. The molecule has 5 rings (SSSR count). The first-order valence-electron chi connectivity index (χ1n) is 10.9. The van der Waals surface area contributed by atoms with Gasteiger partial charge in [0.25, 0.3) is 0 Å². The zero-order chi connectivity index (χ0) is 22.1. The molecule has 10 heteroatoms. The maximum absolute atomic E-state index is 13.2. The van der Waals surface area contributed by atoms with Gasteiger partial charge in [-0.3, -0.25) is 4.79 Å². The molecule has 1 amide bonds. The molecule has 1 saturated carbocycles. The number of ether oxygens (including phenoxy) is 2. The van der Waals surface area contributed by atoms with Crippen molar-refractivity contribution in [2.45, 2.75) is 17.2 Å². The normalized spacial score (nSPS) is 24.3. The zero-order valence-corrected chi connectivity index (χ0v) is 18.6. The zero-order valence-electron chi connectivity index (χ0n) is 17.7. The van der Waals surface area contributed by atoms with E-state index in [4.69, 9.17) is 13.9 Å². The van der Waals surface area contributed by atoms with Gasteiger partial charge in [-0.05, 0) is 36.8 Å². The third-order valence-corrected chi connectivity index (χ3v) is 8.12. The van der Waals surface area contributed by atoms with Crippen LogP contribution in [0.3, 0.4) is 0 Å². The summed E-state index contributed by atoms with van der Waals surface area (Å²) in [7, 11) is -3.67. The van der Waals surface area contributed by atoms with Crippen LogP contribution in [0.15, 0.2) is 45.9 Å². The molecule has 0 radical (unpaired) electrons. The van der Waals surface area contributed by atoms with Crippen molar-refractivity contribution >= 4 is 27.3 Å². The smallest absolute Gasteiger partial charge is 0.243 e. The summed E-state index contributed by atoms with van der Waals surface area (Å²) < 4.78 is 44.0. The van der Waals surface area contributed by atoms with Crippen molar-refractivity contribution < 1.29 is 27.1 Å². The van der Waals surface area contributed by atoms with E-state index in [1.165, 1.54) is 4.31 Å². The van der Waals surface area contributed by atoms with Gasteiger partial charge in [0.15, 0.2) is 0 Å². The van der Waals surface area contributed by atoms with Crippen molar-refractivity contribution in [3.63, 3.8) is 0 Å². The van der Waals surface area contributed by atoms with Crippen molar-refractivity contribution in [2.24, 2.45) is 5.92 Å². The molecule has 1 N–H and O–H groups in total. The lowest BCUT2D eigenvalue weighted by molar-refractivity contribution is -0.117. The molecule has 3 fully saturated rings. The number of hydrogen-bond acceptors (Lipinski definition) is 7. The van der Waals surface area contributed by atoms with E-state index in [2.05, 4.69) is 10.2 Å². The molecule has 2 aromatic rings. The van der Waals surface area contributed by atoms with E-state index >= 15 is 0 Å². The molecule has 3 heterocycles. The van der Waals surface area contributed by atoms with E-state index in [9.17, 15) is 13.2 Å². The number of morpholine rings is 2. The molecule has 1 aliphatic carbocycles. The van der Waals surface area contributed by atoms with E-state index in [0.29, 0.717) is 58.3 Å². The fourth-order valence-corrected chi connectivity index (χ4v) is 5.75. The van der Waals surface area contributed by atoms with Crippen LogP contribution >= 0.6 is 0 Å². The highest BCUT2D eigenvalue weighted by Gasteiger charge is 2.46. The number of furan rings is 1. The summed E-state index contributed by atoms with van der Waals surface area (Å²) in [4.78, 5) is 15.3. The van der Waals surface area contributed by atoms with E-state index in [0.717, 1.165) is 17.9 Å². The second kappa shape index (κ2) is 8.86. The lowest BCUT2D eigenvalue weighted by Gasteiger charge is -2.31. The summed E-state index contributed by atoms with van der Waals surface area (Å²) in [5, 5.41) is 3.01. The SMILES string of the molecule is O=C(Nc1cc(S(=O)(=O)N2CCOCC2)ccc1N1CCOCC1)[C@H]1C[C@H]1c1ccco1. The number of carbonyl (C=O) groups excluding carboxylic acids is 1.